The molecule has 2 N–H and O–H groups in total. The zero-order valence-corrected chi connectivity index (χ0v) is 14.2. The number of nitrogens with one attached hydrogen (secondary N) is 2. The van der Waals surface area contributed by atoms with E-state index < -0.39 is 0 Å². The van der Waals surface area contributed by atoms with Gasteiger partial charge in [0.2, 0.25) is 5.91 Å². The van der Waals surface area contributed by atoms with E-state index in [0.29, 0.717) is 18.7 Å². The number of nitrogens with zero attached hydrogens (tertiary/aromatic N) is 1. The van der Waals surface area contributed by atoms with Crippen LogP contribution in [0, 0.1) is 6.92 Å². The molecule has 2 aromatic carbocycles. The molecule has 0 aliphatic rings. The quantitative estimate of drug-likeness (QED) is 0.712. The molecular weight excluding hydrogens is 310 g/mol. The van der Waals surface area contributed by atoms with Crippen molar-refractivity contribution >= 4 is 17.4 Å². The molecule has 1 aromatic heterocycles. The largest absolute Gasteiger partial charge is 0.366 e. The Bertz CT molecular complexity index is 812. The van der Waals surface area contributed by atoms with E-state index in [9.17, 15) is 4.79 Å². The van der Waals surface area contributed by atoms with Crippen LogP contribution in [0.3, 0.4) is 0 Å². The second kappa shape index (κ2) is 8.11. The fourth-order valence-corrected chi connectivity index (χ4v) is 2.46. The normalized spacial score (nSPS) is 10.3. The average Bonchev–Trinajstić information content (AvgIpc) is 2.63. The number of carbonyl (C=O) groups is 1. The second-order valence-electron chi connectivity index (χ2n) is 5.98. The predicted molar refractivity (Wildman–Crippen MR) is 102 cm³/mol. The molecule has 0 aliphatic heterocycles. The van der Waals surface area contributed by atoms with Gasteiger partial charge >= 0.3 is 0 Å². The van der Waals surface area contributed by atoms with Crippen LogP contribution in [0.15, 0.2) is 72.9 Å². The average molecular weight is 331 g/mol. The lowest BCUT2D eigenvalue weighted by Gasteiger charge is -2.08. The number of pyridine rings is 1. The van der Waals surface area contributed by atoms with Crippen LogP contribution in [-0.4, -0.2) is 10.9 Å². The lowest BCUT2D eigenvalue weighted by atomic mass is 10.1. The number of aromatic nitrogens is 1. The standard InChI is InChI=1S/C21H21N3O/c1-16-7-9-18(10-8-16)14-22-20-12-11-19(15-23-20)24-21(25)13-17-5-3-2-4-6-17/h2-12,15H,13-14H2,1H3,(H,22,23)(H,24,25). The van der Waals surface area contributed by atoms with Gasteiger partial charge in [0.25, 0.3) is 0 Å². The topological polar surface area (TPSA) is 54.0 Å². The van der Waals surface area contributed by atoms with E-state index in [0.717, 1.165) is 11.4 Å². The lowest BCUT2D eigenvalue weighted by molar-refractivity contribution is -0.115. The van der Waals surface area contributed by atoms with Gasteiger partial charge in [0.05, 0.1) is 18.3 Å². The van der Waals surface area contributed by atoms with E-state index in [1.54, 1.807) is 6.20 Å². The first kappa shape index (κ1) is 16.7. The molecule has 1 amide bonds. The first-order valence-electron chi connectivity index (χ1n) is 8.28. The van der Waals surface area contributed by atoms with Crippen LogP contribution in [0.25, 0.3) is 0 Å². The Kier molecular flexibility index (Phi) is 5.42. The summed E-state index contributed by atoms with van der Waals surface area (Å²) >= 11 is 0. The molecule has 0 spiro atoms. The summed E-state index contributed by atoms with van der Waals surface area (Å²) in [6.07, 6.45) is 2.02. The van der Waals surface area contributed by atoms with E-state index in [1.165, 1.54) is 11.1 Å². The van der Waals surface area contributed by atoms with Crippen molar-refractivity contribution in [3.05, 3.63) is 89.6 Å². The fraction of sp³-hybridized carbons (Fsp3) is 0.143. The van der Waals surface area contributed by atoms with Gasteiger partial charge in [0.15, 0.2) is 0 Å². The van der Waals surface area contributed by atoms with Gasteiger partial charge in [0.1, 0.15) is 5.82 Å². The highest BCUT2D eigenvalue weighted by atomic mass is 16.1. The first-order valence-corrected chi connectivity index (χ1v) is 8.28. The molecule has 0 bridgehead atoms. The maximum atomic E-state index is 12.1. The van der Waals surface area contributed by atoms with E-state index >= 15 is 0 Å². The SMILES string of the molecule is Cc1ccc(CNc2ccc(NC(=O)Cc3ccccc3)cn2)cc1. The molecule has 0 radical (unpaired) electrons. The number of anilines is 2. The molecule has 1 heterocycles. The number of benzene rings is 2. The summed E-state index contributed by atoms with van der Waals surface area (Å²) in [5.74, 6) is 0.731. The Labute approximate surface area is 147 Å². The molecule has 0 saturated heterocycles. The first-order chi connectivity index (χ1) is 12.2. The number of hydrogen-bond donors (Lipinski definition) is 2. The van der Waals surface area contributed by atoms with Gasteiger partial charge in [-0.15, -0.1) is 0 Å². The zero-order chi connectivity index (χ0) is 17.5. The summed E-state index contributed by atoms with van der Waals surface area (Å²) in [7, 11) is 0. The van der Waals surface area contributed by atoms with E-state index in [1.807, 2.05) is 42.5 Å². The van der Waals surface area contributed by atoms with E-state index in [-0.39, 0.29) is 5.91 Å². The summed E-state index contributed by atoms with van der Waals surface area (Å²) < 4.78 is 0. The third-order valence-electron chi connectivity index (χ3n) is 3.85. The Morgan fingerprint density at radius 1 is 0.920 bits per heavy atom. The van der Waals surface area contributed by atoms with Crippen molar-refractivity contribution in [2.75, 3.05) is 10.6 Å². The minimum absolute atomic E-state index is 0.0478. The summed E-state index contributed by atoms with van der Waals surface area (Å²) in [5, 5.41) is 6.15. The summed E-state index contributed by atoms with van der Waals surface area (Å²) in [5.41, 5.74) is 4.14. The minimum Gasteiger partial charge on any atom is -0.366 e. The predicted octanol–water partition coefficient (Wildman–Crippen LogP) is 4.18. The molecule has 0 unspecified atom stereocenters. The molecule has 0 saturated carbocycles. The monoisotopic (exact) mass is 331 g/mol. The van der Waals surface area contributed by atoms with Gasteiger partial charge in [-0.3, -0.25) is 4.79 Å². The molecule has 4 nitrogen and oxygen atoms in total. The maximum absolute atomic E-state index is 12.1. The van der Waals surface area contributed by atoms with Crippen LogP contribution < -0.4 is 10.6 Å². The van der Waals surface area contributed by atoms with Crippen LogP contribution in [0.5, 0.6) is 0 Å². The number of amides is 1. The van der Waals surface area contributed by atoms with Crippen LogP contribution >= 0.6 is 0 Å². The van der Waals surface area contributed by atoms with Gasteiger partial charge in [-0.1, -0.05) is 60.2 Å². The zero-order valence-electron chi connectivity index (χ0n) is 14.2. The summed E-state index contributed by atoms with van der Waals surface area (Å²) in [4.78, 5) is 16.4. The molecule has 3 rings (SSSR count). The van der Waals surface area contributed by atoms with Crippen LogP contribution in [-0.2, 0) is 17.8 Å². The van der Waals surface area contributed by atoms with Crippen LogP contribution in [0.1, 0.15) is 16.7 Å². The number of hydrogen-bond acceptors (Lipinski definition) is 3. The highest BCUT2D eigenvalue weighted by Crippen LogP contribution is 2.12. The third kappa shape index (κ3) is 5.18. The number of rotatable bonds is 6. The molecule has 25 heavy (non-hydrogen) atoms. The summed E-state index contributed by atoms with van der Waals surface area (Å²) in [6.45, 7) is 2.79. The van der Waals surface area contributed by atoms with Gasteiger partial charge in [0, 0.05) is 6.54 Å². The maximum Gasteiger partial charge on any atom is 0.228 e. The molecule has 0 atom stereocenters. The Balaban J connectivity index is 1.51. The van der Waals surface area contributed by atoms with Crippen molar-refractivity contribution < 1.29 is 4.79 Å². The van der Waals surface area contributed by atoms with Crippen molar-refractivity contribution in [3.8, 4) is 0 Å². The molecule has 126 valence electrons. The van der Waals surface area contributed by atoms with Crippen molar-refractivity contribution in [2.24, 2.45) is 0 Å². The Morgan fingerprint density at radius 3 is 2.36 bits per heavy atom. The second-order valence-corrected chi connectivity index (χ2v) is 5.98. The molecule has 0 fully saturated rings. The van der Waals surface area contributed by atoms with Gasteiger partial charge in [-0.25, -0.2) is 4.98 Å². The lowest BCUT2D eigenvalue weighted by Crippen LogP contribution is -2.14. The highest BCUT2D eigenvalue weighted by Gasteiger charge is 2.04. The molecular formula is C21H21N3O. The Morgan fingerprint density at radius 2 is 1.68 bits per heavy atom. The Hall–Kier alpha value is -3.14. The van der Waals surface area contributed by atoms with Gasteiger partial charge in [-0.05, 0) is 30.2 Å². The minimum atomic E-state index is -0.0478. The van der Waals surface area contributed by atoms with E-state index in [4.69, 9.17) is 0 Å². The molecule has 0 aliphatic carbocycles. The van der Waals surface area contributed by atoms with Crippen molar-refractivity contribution in [3.63, 3.8) is 0 Å². The van der Waals surface area contributed by atoms with Crippen LogP contribution in [0.2, 0.25) is 0 Å². The van der Waals surface area contributed by atoms with Crippen molar-refractivity contribution in [2.45, 2.75) is 19.9 Å². The van der Waals surface area contributed by atoms with Crippen molar-refractivity contribution in [1.29, 1.82) is 0 Å². The number of aryl methyl sites for hydroxylation is 1. The van der Waals surface area contributed by atoms with E-state index in [2.05, 4.69) is 46.8 Å². The smallest absolute Gasteiger partial charge is 0.228 e. The third-order valence-corrected chi connectivity index (χ3v) is 3.85. The van der Waals surface area contributed by atoms with Gasteiger partial charge < -0.3 is 10.6 Å². The number of carbonyl (C=O) groups excluding carboxylic acids is 1. The van der Waals surface area contributed by atoms with Crippen molar-refractivity contribution in [1.82, 2.24) is 4.98 Å². The summed E-state index contributed by atoms with van der Waals surface area (Å²) in [6, 6.07) is 21.8. The highest BCUT2D eigenvalue weighted by molar-refractivity contribution is 5.92. The molecule has 4 heteroatoms. The van der Waals surface area contributed by atoms with Crippen LogP contribution in [0.4, 0.5) is 11.5 Å². The molecule has 3 aromatic rings. The van der Waals surface area contributed by atoms with Gasteiger partial charge in [-0.2, -0.15) is 0 Å². The fourth-order valence-electron chi connectivity index (χ4n) is 2.46.